The quantitative estimate of drug-likeness (QED) is 0.207. The highest BCUT2D eigenvalue weighted by molar-refractivity contribution is 6.41. The number of phenols is 1. The van der Waals surface area contributed by atoms with E-state index in [1.165, 1.54) is 18.2 Å². The van der Waals surface area contributed by atoms with Crippen LogP contribution in [0.15, 0.2) is 60.7 Å². The molecule has 0 saturated heterocycles. The van der Waals surface area contributed by atoms with E-state index >= 15 is 0 Å². The number of benzene rings is 3. The Hall–Kier alpha value is -3.99. The van der Waals surface area contributed by atoms with Crippen LogP contribution in [0.5, 0.6) is 5.75 Å². The highest BCUT2D eigenvalue weighted by Gasteiger charge is 2.25. The number of para-hydroxylation sites is 1. The number of carbonyl (C=O) groups is 4. The highest BCUT2D eigenvalue weighted by Crippen LogP contribution is 2.32. The summed E-state index contributed by atoms with van der Waals surface area (Å²) in [5.41, 5.74) is 0.949. The number of anilines is 1. The predicted molar refractivity (Wildman–Crippen MR) is 147 cm³/mol. The van der Waals surface area contributed by atoms with Gasteiger partial charge in [0.15, 0.2) is 0 Å². The van der Waals surface area contributed by atoms with E-state index in [9.17, 15) is 29.4 Å². The number of aromatic hydroxyl groups is 1. The van der Waals surface area contributed by atoms with Crippen LogP contribution in [-0.4, -0.2) is 46.6 Å². The molecule has 204 valence electrons. The van der Waals surface area contributed by atoms with E-state index in [1.807, 2.05) is 0 Å². The van der Waals surface area contributed by atoms with Gasteiger partial charge < -0.3 is 31.5 Å². The first kappa shape index (κ1) is 29.6. The molecule has 10 nitrogen and oxygen atoms in total. The zero-order chi connectivity index (χ0) is 28.5. The van der Waals surface area contributed by atoms with Crippen LogP contribution in [0.2, 0.25) is 15.1 Å². The van der Waals surface area contributed by atoms with Crippen molar-refractivity contribution in [1.29, 1.82) is 0 Å². The van der Waals surface area contributed by atoms with Crippen molar-refractivity contribution in [3.8, 4) is 5.75 Å². The van der Waals surface area contributed by atoms with E-state index in [-0.39, 0.29) is 40.0 Å². The van der Waals surface area contributed by atoms with Crippen LogP contribution in [0.1, 0.15) is 21.5 Å². The molecule has 6 N–H and O–H groups in total. The molecule has 3 rings (SSSR count). The fourth-order valence-electron chi connectivity index (χ4n) is 3.41. The fourth-order valence-corrected chi connectivity index (χ4v) is 4.21. The molecule has 1 atom stereocenters. The van der Waals surface area contributed by atoms with E-state index in [4.69, 9.17) is 34.8 Å². The summed E-state index contributed by atoms with van der Waals surface area (Å²) in [7, 11) is 0. The van der Waals surface area contributed by atoms with Crippen LogP contribution >= 0.6 is 34.8 Å². The molecule has 4 amide bonds. The number of nitrogens with one attached hydrogen (secondary N) is 4. The number of carbonyl (C=O) groups excluding carboxylic acids is 3. The van der Waals surface area contributed by atoms with Gasteiger partial charge in [-0.2, -0.15) is 0 Å². The number of hydrogen-bond donors (Lipinski definition) is 6. The third kappa shape index (κ3) is 8.51. The predicted octanol–water partition coefficient (Wildman–Crippen LogP) is 4.22. The van der Waals surface area contributed by atoms with Crippen molar-refractivity contribution >= 4 is 64.3 Å². The minimum absolute atomic E-state index is 0.00915. The van der Waals surface area contributed by atoms with E-state index in [0.29, 0.717) is 16.1 Å². The Bertz CT molecular complexity index is 1400. The molecule has 0 aromatic heterocycles. The van der Waals surface area contributed by atoms with Crippen molar-refractivity contribution in [3.05, 3.63) is 92.4 Å². The van der Waals surface area contributed by atoms with Crippen molar-refractivity contribution in [2.24, 2.45) is 0 Å². The van der Waals surface area contributed by atoms with Crippen LogP contribution in [0.25, 0.3) is 0 Å². The topological polar surface area (TPSA) is 157 Å². The molecule has 0 saturated carbocycles. The first-order valence-corrected chi connectivity index (χ1v) is 12.5. The number of carboxylic acids is 1. The standard InChI is InChI=1S/C26H23Cl3N4O6/c27-16-6-3-4-14(10-16)11-21(35)32-18-9-8-17(28)22(23(18)29)24(36)33-19(25(37)38)13-31-26(39)30-12-15-5-1-2-7-20(15)34/h1-10,19,34H,11-13H2,(H,32,35)(H,33,36)(H,37,38)(H2,30,31,39)/t19-/m0/s1. The van der Waals surface area contributed by atoms with Crippen LogP contribution in [0.3, 0.4) is 0 Å². The summed E-state index contributed by atoms with van der Waals surface area (Å²) in [4.78, 5) is 49.3. The SMILES string of the molecule is O=C(Cc1cccc(Cl)c1)Nc1ccc(Cl)c(C(=O)N[C@@H](CNC(=O)NCc2ccccc2O)C(=O)O)c1Cl. The third-order valence-corrected chi connectivity index (χ3v) is 6.29. The van der Waals surface area contributed by atoms with Crippen LogP contribution in [0.4, 0.5) is 10.5 Å². The molecule has 0 unspecified atom stereocenters. The van der Waals surface area contributed by atoms with Crippen molar-refractivity contribution in [1.82, 2.24) is 16.0 Å². The number of urea groups is 1. The zero-order valence-corrected chi connectivity index (χ0v) is 22.4. The molecular weight excluding hydrogens is 571 g/mol. The Morgan fingerprint density at radius 2 is 1.64 bits per heavy atom. The van der Waals surface area contributed by atoms with Gasteiger partial charge in [0.25, 0.3) is 5.91 Å². The summed E-state index contributed by atoms with van der Waals surface area (Å²) in [5, 5.41) is 29.2. The normalized spacial score (nSPS) is 11.3. The molecule has 39 heavy (non-hydrogen) atoms. The van der Waals surface area contributed by atoms with Gasteiger partial charge in [0.1, 0.15) is 11.8 Å². The summed E-state index contributed by atoms with van der Waals surface area (Å²) in [6.45, 7) is -0.484. The third-order valence-electron chi connectivity index (χ3n) is 5.35. The molecule has 0 bridgehead atoms. The first-order chi connectivity index (χ1) is 18.5. The van der Waals surface area contributed by atoms with Gasteiger partial charge in [-0.25, -0.2) is 9.59 Å². The van der Waals surface area contributed by atoms with Crippen LogP contribution in [-0.2, 0) is 22.6 Å². The molecule has 0 aliphatic rings. The van der Waals surface area contributed by atoms with E-state index in [0.717, 1.165) is 0 Å². The van der Waals surface area contributed by atoms with Gasteiger partial charge >= 0.3 is 12.0 Å². The maximum absolute atomic E-state index is 12.9. The molecule has 0 aliphatic carbocycles. The summed E-state index contributed by atoms with van der Waals surface area (Å²) in [6, 6.07) is 13.6. The molecular formula is C26H23Cl3N4O6. The van der Waals surface area contributed by atoms with Gasteiger partial charge in [0.2, 0.25) is 5.91 Å². The Morgan fingerprint density at radius 1 is 0.897 bits per heavy atom. The van der Waals surface area contributed by atoms with Gasteiger partial charge in [-0.05, 0) is 35.9 Å². The average Bonchev–Trinajstić information content (AvgIpc) is 2.87. The van der Waals surface area contributed by atoms with Crippen molar-refractivity contribution in [2.75, 3.05) is 11.9 Å². The van der Waals surface area contributed by atoms with Gasteiger partial charge in [-0.1, -0.05) is 65.1 Å². The van der Waals surface area contributed by atoms with Gasteiger partial charge in [0, 0.05) is 17.1 Å². The monoisotopic (exact) mass is 592 g/mol. The average molecular weight is 594 g/mol. The molecule has 13 heteroatoms. The number of carboxylic acid groups (broad SMARTS) is 1. The Morgan fingerprint density at radius 3 is 2.33 bits per heavy atom. The Kier molecular flexibility index (Phi) is 10.4. The molecule has 0 spiro atoms. The largest absolute Gasteiger partial charge is 0.508 e. The molecule has 0 fully saturated rings. The van der Waals surface area contributed by atoms with Crippen molar-refractivity contribution < 1.29 is 29.4 Å². The van der Waals surface area contributed by atoms with Crippen LogP contribution < -0.4 is 21.3 Å². The van der Waals surface area contributed by atoms with Gasteiger partial charge in [-0.15, -0.1) is 0 Å². The Balaban J connectivity index is 1.63. The number of amides is 4. The van der Waals surface area contributed by atoms with Gasteiger partial charge in [-0.3, -0.25) is 9.59 Å². The highest BCUT2D eigenvalue weighted by atomic mass is 35.5. The van der Waals surface area contributed by atoms with Gasteiger partial charge in [0.05, 0.1) is 34.3 Å². The van der Waals surface area contributed by atoms with Crippen molar-refractivity contribution in [2.45, 2.75) is 19.0 Å². The summed E-state index contributed by atoms with van der Waals surface area (Å²) < 4.78 is 0. The molecule has 0 heterocycles. The lowest BCUT2D eigenvalue weighted by Gasteiger charge is -2.18. The smallest absolute Gasteiger partial charge is 0.328 e. The minimum atomic E-state index is -1.54. The molecule has 0 radical (unpaired) electrons. The second kappa shape index (κ2) is 13.7. The number of hydrogen-bond acceptors (Lipinski definition) is 5. The maximum atomic E-state index is 12.9. The summed E-state index contributed by atoms with van der Waals surface area (Å²) >= 11 is 18.5. The zero-order valence-electron chi connectivity index (χ0n) is 20.1. The Labute approximate surface area is 238 Å². The second-order valence-corrected chi connectivity index (χ2v) is 9.42. The summed E-state index contributed by atoms with van der Waals surface area (Å²) in [5.74, 6) is -2.80. The van der Waals surface area contributed by atoms with E-state index in [2.05, 4.69) is 21.3 Å². The number of halogens is 3. The lowest BCUT2D eigenvalue weighted by Crippen LogP contribution is -2.50. The lowest BCUT2D eigenvalue weighted by atomic mass is 10.1. The lowest BCUT2D eigenvalue weighted by molar-refractivity contribution is -0.139. The maximum Gasteiger partial charge on any atom is 0.328 e. The van der Waals surface area contributed by atoms with E-state index in [1.54, 1.807) is 42.5 Å². The number of rotatable bonds is 10. The summed E-state index contributed by atoms with van der Waals surface area (Å²) in [6.07, 6.45) is -0.0141. The number of phenolic OH excluding ortho intramolecular Hbond substituents is 1. The second-order valence-electron chi connectivity index (χ2n) is 8.20. The number of aliphatic carboxylic acids is 1. The fraction of sp³-hybridized carbons (Fsp3) is 0.154. The molecule has 3 aromatic carbocycles. The first-order valence-electron chi connectivity index (χ1n) is 11.4. The molecule has 3 aromatic rings. The minimum Gasteiger partial charge on any atom is -0.508 e. The van der Waals surface area contributed by atoms with Crippen molar-refractivity contribution in [3.63, 3.8) is 0 Å². The van der Waals surface area contributed by atoms with E-state index < -0.39 is 36.4 Å². The van der Waals surface area contributed by atoms with Crippen LogP contribution in [0, 0.1) is 0 Å². The molecule has 0 aliphatic heterocycles.